The Bertz CT molecular complexity index is 859. The topological polar surface area (TPSA) is 70.1 Å². The van der Waals surface area contributed by atoms with Crippen LogP contribution in [0.4, 0.5) is 5.82 Å². The van der Waals surface area contributed by atoms with Crippen molar-refractivity contribution >= 4 is 22.6 Å². The normalized spacial score (nSPS) is 11.0. The fourth-order valence-electron chi connectivity index (χ4n) is 1.99. The smallest absolute Gasteiger partial charge is 0.293 e. The number of rotatable bonds is 3. The molecule has 0 fully saturated rings. The highest BCUT2D eigenvalue weighted by molar-refractivity contribution is 5.99. The first-order valence-electron chi connectivity index (χ1n) is 6.59. The highest BCUT2D eigenvalue weighted by atomic mass is 35.5. The minimum atomic E-state index is -0.293. The van der Waals surface area contributed by atoms with E-state index in [1.165, 1.54) is 0 Å². The number of hydrazone groups is 1. The number of anilines is 1. The molecule has 0 radical (unpaired) electrons. The van der Waals surface area contributed by atoms with Crippen LogP contribution in [0.3, 0.4) is 0 Å². The largest absolute Gasteiger partial charge is 1.00 e. The molecular weight excluding hydrogens is 300 g/mol. The molecule has 0 bridgehead atoms. The van der Waals surface area contributed by atoms with Crippen LogP contribution in [-0.4, -0.2) is 15.7 Å². The van der Waals surface area contributed by atoms with Crippen molar-refractivity contribution in [3.05, 3.63) is 70.5 Å². The first kappa shape index (κ1) is 15.7. The number of benzene rings is 2. The highest BCUT2D eigenvalue weighted by Gasteiger charge is 2.03. The minimum Gasteiger partial charge on any atom is -1.00 e. The summed E-state index contributed by atoms with van der Waals surface area (Å²) in [6.07, 6.45) is 0. The van der Waals surface area contributed by atoms with Gasteiger partial charge in [0.1, 0.15) is 0 Å². The SMILES string of the molecule is C/C(=N\Nc1nc2ccccc2[nH]c1=O)c1ccccc1.[Cl-]. The number of H-pyrrole nitrogens is 1. The zero-order chi connectivity index (χ0) is 14.7. The van der Waals surface area contributed by atoms with Crippen molar-refractivity contribution in [1.29, 1.82) is 0 Å². The Labute approximate surface area is 133 Å². The van der Waals surface area contributed by atoms with E-state index in [9.17, 15) is 4.79 Å². The van der Waals surface area contributed by atoms with Gasteiger partial charge in [-0.05, 0) is 24.6 Å². The third-order valence-corrected chi connectivity index (χ3v) is 3.12. The monoisotopic (exact) mass is 313 g/mol. The molecule has 0 atom stereocenters. The number of halogens is 1. The predicted octanol–water partition coefficient (Wildman–Crippen LogP) is -0.237. The Morgan fingerprint density at radius 2 is 1.77 bits per heavy atom. The molecule has 0 aliphatic carbocycles. The third kappa shape index (κ3) is 3.32. The van der Waals surface area contributed by atoms with Gasteiger partial charge in [0.25, 0.3) is 5.56 Å². The van der Waals surface area contributed by atoms with Crippen LogP contribution >= 0.6 is 0 Å². The fraction of sp³-hybridized carbons (Fsp3) is 0.0625. The first-order valence-corrected chi connectivity index (χ1v) is 6.59. The van der Waals surface area contributed by atoms with Crippen LogP contribution in [0.1, 0.15) is 12.5 Å². The first-order chi connectivity index (χ1) is 10.2. The van der Waals surface area contributed by atoms with E-state index in [4.69, 9.17) is 0 Å². The molecule has 0 saturated heterocycles. The molecular formula is C16H14ClN4O-. The maximum absolute atomic E-state index is 11.9. The summed E-state index contributed by atoms with van der Waals surface area (Å²) < 4.78 is 0. The molecule has 0 unspecified atom stereocenters. The molecule has 2 aromatic carbocycles. The molecule has 1 heterocycles. The van der Waals surface area contributed by atoms with Gasteiger partial charge in [-0.25, -0.2) is 4.98 Å². The summed E-state index contributed by atoms with van der Waals surface area (Å²) in [5, 5.41) is 4.22. The van der Waals surface area contributed by atoms with Crippen LogP contribution in [0.25, 0.3) is 11.0 Å². The zero-order valence-corrected chi connectivity index (χ0v) is 12.6. The molecule has 3 aromatic rings. The molecule has 5 nitrogen and oxygen atoms in total. The van der Waals surface area contributed by atoms with E-state index in [2.05, 4.69) is 20.5 Å². The number of aromatic amines is 1. The van der Waals surface area contributed by atoms with Crippen molar-refractivity contribution in [3.63, 3.8) is 0 Å². The van der Waals surface area contributed by atoms with Gasteiger partial charge < -0.3 is 17.4 Å². The van der Waals surface area contributed by atoms with Gasteiger partial charge in [0.15, 0.2) is 0 Å². The maximum atomic E-state index is 11.9. The van der Waals surface area contributed by atoms with Gasteiger partial charge in [-0.3, -0.25) is 10.2 Å². The van der Waals surface area contributed by atoms with Crippen molar-refractivity contribution in [2.75, 3.05) is 5.43 Å². The van der Waals surface area contributed by atoms with E-state index in [1.54, 1.807) is 0 Å². The summed E-state index contributed by atoms with van der Waals surface area (Å²) in [4.78, 5) is 19.0. The van der Waals surface area contributed by atoms with E-state index in [1.807, 2.05) is 61.5 Å². The Kier molecular flexibility index (Phi) is 4.91. The van der Waals surface area contributed by atoms with Gasteiger partial charge in [0.05, 0.1) is 16.7 Å². The molecule has 6 heteroatoms. The zero-order valence-electron chi connectivity index (χ0n) is 11.9. The Balaban J connectivity index is 0.00000176. The van der Waals surface area contributed by atoms with E-state index in [0.29, 0.717) is 11.0 Å². The van der Waals surface area contributed by atoms with Crippen molar-refractivity contribution in [3.8, 4) is 0 Å². The molecule has 3 rings (SSSR count). The second kappa shape index (κ2) is 6.87. The minimum absolute atomic E-state index is 0. The lowest BCUT2D eigenvalue weighted by Gasteiger charge is -2.03. The van der Waals surface area contributed by atoms with Crippen molar-refractivity contribution < 1.29 is 12.4 Å². The second-order valence-corrected chi connectivity index (χ2v) is 4.61. The van der Waals surface area contributed by atoms with Gasteiger partial charge in [-0.15, -0.1) is 0 Å². The van der Waals surface area contributed by atoms with Crippen LogP contribution in [0.5, 0.6) is 0 Å². The number of nitrogens with one attached hydrogen (secondary N) is 2. The average Bonchev–Trinajstić information content (AvgIpc) is 2.53. The Morgan fingerprint density at radius 3 is 2.55 bits per heavy atom. The van der Waals surface area contributed by atoms with Gasteiger partial charge in [-0.2, -0.15) is 5.10 Å². The number of hydrogen-bond donors (Lipinski definition) is 2. The predicted molar refractivity (Wildman–Crippen MR) is 84.6 cm³/mol. The summed E-state index contributed by atoms with van der Waals surface area (Å²) in [5.41, 5.74) is 5.63. The number of aromatic nitrogens is 2. The summed E-state index contributed by atoms with van der Waals surface area (Å²) in [6.45, 7) is 1.87. The lowest BCUT2D eigenvalue weighted by Crippen LogP contribution is -3.00. The molecule has 2 N–H and O–H groups in total. The molecule has 0 amide bonds. The highest BCUT2D eigenvalue weighted by Crippen LogP contribution is 2.08. The van der Waals surface area contributed by atoms with Crippen LogP contribution in [0.2, 0.25) is 0 Å². The van der Waals surface area contributed by atoms with Crippen LogP contribution < -0.4 is 23.4 Å². The standard InChI is InChI=1S/C16H14N4O.ClH/c1-11(12-7-3-2-4-8-12)19-20-15-16(21)18-14-10-6-5-9-13(14)17-15;/h2-10H,1H3,(H,17,20)(H,18,21);1H/p-1/b19-11+;. The number of para-hydroxylation sites is 2. The molecule has 0 spiro atoms. The molecule has 22 heavy (non-hydrogen) atoms. The van der Waals surface area contributed by atoms with E-state index < -0.39 is 0 Å². The van der Waals surface area contributed by atoms with Crippen LogP contribution in [0.15, 0.2) is 64.5 Å². The second-order valence-electron chi connectivity index (χ2n) is 4.61. The van der Waals surface area contributed by atoms with Crippen molar-refractivity contribution in [2.24, 2.45) is 5.10 Å². The number of hydrogen-bond acceptors (Lipinski definition) is 4. The summed E-state index contributed by atoms with van der Waals surface area (Å²) in [5.74, 6) is 0.184. The summed E-state index contributed by atoms with van der Waals surface area (Å²) in [6, 6.07) is 17.1. The van der Waals surface area contributed by atoms with Gasteiger partial charge in [0, 0.05) is 0 Å². The molecule has 0 aliphatic heterocycles. The Morgan fingerprint density at radius 1 is 1.09 bits per heavy atom. The quantitative estimate of drug-likeness (QED) is 0.518. The lowest BCUT2D eigenvalue weighted by molar-refractivity contribution is -0.00000442. The average molecular weight is 314 g/mol. The molecule has 0 aliphatic rings. The van der Waals surface area contributed by atoms with Crippen molar-refractivity contribution in [2.45, 2.75) is 6.92 Å². The molecule has 1 aromatic heterocycles. The van der Waals surface area contributed by atoms with Crippen molar-refractivity contribution in [1.82, 2.24) is 9.97 Å². The van der Waals surface area contributed by atoms with Gasteiger partial charge in [-0.1, -0.05) is 42.5 Å². The fourth-order valence-corrected chi connectivity index (χ4v) is 1.99. The van der Waals surface area contributed by atoms with Gasteiger partial charge >= 0.3 is 0 Å². The lowest BCUT2D eigenvalue weighted by atomic mass is 10.1. The third-order valence-electron chi connectivity index (χ3n) is 3.12. The van der Waals surface area contributed by atoms with E-state index in [0.717, 1.165) is 11.3 Å². The summed E-state index contributed by atoms with van der Waals surface area (Å²) >= 11 is 0. The number of fused-ring (bicyclic) bond motifs is 1. The van der Waals surface area contributed by atoms with Crippen LogP contribution in [0, 0.1) is 0 Å². The van der Waals surface area contributed by atoms with E-state index in [-0.39, 0.29) is 23.8 Å². The van der Waals surface area contributed by atoms with Crippen LogP contribution in [-0.2, 0) is 0 Å². The van der Waals surface area contributed by atoms with Gasteiger partial charge in [0.2, 0.25) is 5.82 Å². The number of nitrogens with zero attached hydrogens (tertiary/aromatic N) is 2. The molecule has 0 saturated carbocycles. The van der Waals surface area contributed by atoms with E-state index >= 15 is 0 Å². The maximum Gasteiger partial charge on any atom is 0.293 e. The Hall–Kier alpha value is -2.66. The summed E-state index contributed by atoms with van der Waals surface area (Å²) in [7, 11) is 0. The molecule has 112 valence electrons.